The normalized spacial score (nSPS) is 13.6. The number of hydrogen-bond acceptors (Lipinski definition) is 4. The fourth-order valence-electron chi connectivity index (χ4n) is 1.55. The standard InChI is InChI=1S/C9H17N3S/c1-4-7(5-2)8(10)9-6(3)11-12-13-9/h7-8H,4-5,10H2,1-3H3. The van der Waals surface area contributed by atoms with Crippen LogP contribution in [0.25, 0.3) is 0 Å². The molecule has 3 nitrogen and oxygen atoms in total. The fourth-order valence-corrected chi connectivity index (χ4v) is 2.29. The Morgan fingerprint density at radius 1 is 1.38 bits per heavy atom. The van der Waals surface area contributed by atoms with Crippen molar-refractivity contribution in [1.82, 2.24) is 9.59 Å². The molecule has 0 aromatic carbocycles. The van der Waals surface area contributed by atoms with E-state index < -0.39 is 0 Å². The smallest absolute Gasteiger partial charge is 0.0772 e. The van der Waals surface area contributed by atoms with Crippen molar-refractivity contribution in [2.24, 2.45) is 11.7 Å². The van der Waals surface area contributed by atoms with Crippen LogP contribution in [0.3, 0.4) is 0 Å². The molecule has 2 N–H and O–H groups in total. The van der Waals surface area contributed by atoms with Gasteiger partial charge in [0, 0.05) is 6.04 Å². The van der Waals surface area contributed by atoms with E-state index in [2.05, 4.69) is 23.4 Å². The van der Waals surface area contributed by atoms with E-state index in [1.165, 1.54) is 11.5 Å². The van der Waals surface area contributed by atoms with Gasteiger partial charge in [0.05, 0.1) is 10.6 Å². The summed E-state index contributed by atoms with van der Waals surface area (Å²) in [4.78, 5) is 1.15. The molecule has 0 aliphatic carbocycles. The second kappa shape index (κ2) is 4.67. The maximum atomic E-state index is 6.14. The summed E-state index contributed by atoms with van der Waals surface area (Å²) in [5, 5.41) is 3.98. The van der Waals surface area contributed by atoms with Gasteiger partial charge < -0.3 is 5.73 Å². The number of aryl methyl sites for hydroxylation is 1. The first kappa shape index (κ1) is 10.6. The van der Waals surface area contributed by atoms with Crippen LogP contribution in [0, 0.1) is 12.8 Å². The van der Waals surface area contributed by atoms with Gasteiger partial charge in [-0.05, 0) is 24.4 Å². The minimum atomic E-state index is 0.120. The summed E-state index contributed by atoms with van der Waals surface area (Å²) in [6, 6.07) is 0.120. The molecule has 4 heteroatoms. The fraction of sp³-hybridized carbons (Fsp3) is 0.778. The predicted molar refractivity (Wildman–Crippen MR) is 55.6 cm³/mol. The van der Waals surface area contributed by atoms with Crippen molar-refractivity contribution in [2.75, 3.05) is 0 Å². The number of rotatable bonds is 4. The molecule has 13 heavy (non-hydrogen) atoms. The first-order valence-corrected chi connectivity index (χ1v) is 5.52. The quantitative estimate of drug-likeness (QED) is 0.809. The number of hydrogen-bond donors (Lipinski definition) is 1. The Morgan fingerprint density at radius 3 is 2.38 bits per heavy atom. The number of nitrogens with two attached hydrogens (primary N) is 1. The average Bonchev–Trinajstić information content (AvgIpc) is 2.53. The Morgan fingerprint density at radius 2 is 2.00 bits per heavy atom. The number of aromatic nitrogens is 2. The molecule has 0 amide bonds. The third-order valence-electron chi connectivity index (χ3n) is 2.55. The summed E-state index contributed by atoms with van der Waals surface area (Å²) in [6.45, 7) is 6.33. The van der Waals surface area contributed by atoms with Gasteiger partial charge in [0.15, 0.2) is 0 Å². The molecule has 0 aliphatic heterocycles. The van der Waals surface area contributed by atoms with Gasteiger partial charge in [0.1, 0.15) is 0 Å². The molecule has 1 aromatic heterocycles. The van der Waals surface area contributed by atoms with Crippen LogP contribution in [-0.2, 0) is 0 Å². The summed E-state index contributed by atoms with van der Waals surface area (Å²) in [5.41, 5.74) is 7.13. The van der Waals surface area contributed by atoms with Crippen LogP contribution in [0.1, 0.15) is 43.3 Å². The zero-order valence-electron chi connectivity index (χ0n) is 8.45. The van der Waals surface area contributed by atoms with Gasteiger partial charge in [-0.2, -0.15) is 0 Å². The Hall–Kier alpha value is -0.480. The highest BCUT2D eigenvalue weighted by molar-refractivity contribution is 7.05. The second-order valence-corrected chi connectivity index (χ2v) is 4.11. The van der Waals surface area contributed by atoms with Crippen molar-refractivity contribution in [2.45, 2.75) is 39.7 Å². The zero-order chi connectivity index (χ0) is 9.84. The third kappa shape index (κ3) is 2.25. The van der Waals surface area contributed by atoms with Crippen LogP contribution in [0.5, 0.6) is 0 Å². The maximum absolute atomic E-state index is 6.14. The van der Waals surface area contributed by atoms with Gasteiger partial charge in [0.2, 0.25) is 0 Å². The molecule has 0 saturated carbocycles. The number of nitrogens with zero attached hydrogens (tertiary/aromatic N) is 2. The highest BCUT2D eigenvalue weighted by Crippen LogP contribution is 2.28. The molecular formula is C9H17N3S. The van der Waals surface area contributed by atoms with E-state index in [0.717, 1.165) is 23.4 Å². The lowest BCUT2D eigenvalue weighted by Crippen LogP contribution is -2.20. The molecular weight excluding hydrogens is 182 g/mol. The second-order valence-electron chi connectivity index (χ2n) is 3.32. The van der Waals surface area contributed by atoms with Gasteiger partial charge in [-0.1, -0.05) is 31.2 Å². The van der Waals surface area contributed by atoms with Crippen molar-refractivity contribution in [3.63, 3.8) is 0 Å². The van der Waals surface area contributed by atoms with Crippen molar-refractivity contribution < 1.29 is 0 Å². The molecule has 74 valence electrons. The largest absolute Gasteiger partial charge is 0.323 e. The monoisotopic (exact) mass is 199 g/mol. The van der Waals surface area contributed by atoms with E-state index in [0.29, 0.717) is 5.92 Å². The SMILES string of the molecule is CCC(CC)C(N)c1snnc1C. The van der Waals surface area contributed by atoms with E-state index in [9.17, 15) is 0 Å². The highest BCUT2D eigenvalue weighted by atomic mass is 32.1. The summed E-state index contributed by atoms with van der Waals surface area (Å²) in [6.07, 6.45) is 2.24. The van der Waals surface area contributed by atoms with Crippen molar-refractivity contribution >= 4 is 11.5 Å². The lowest BCUT2D eigenvalue weighted by Gasteiger charge is -2.19. The molecule has 1 unspecified atom stereocenters. The average molecular weight is 199 g/mol. The first-order chi connectivity index (χ1) is 6.20. The van der Waals surface area contributed by atoms with E-state index in [-0.39, 0.29) is 6.04 Å². The van der Waals surface area contributed by atoms with E-state index in [1.807, 2.05) is 6.92 Å². The lowest BCUT2D eigenvalue weighted by atomic mass is 9.93. The zero-order valence-corrected chi connectivity index (χ0v) is 9.27. The molecule has 1 atom stereocenters. The Kier molecular flexibility index (Phi) is 3.81. The van der Waals surface area contributed by atoms with Crippen molar-refractivity contribution in [3.8, 4) is 0 Å². The predicted octanol–water partition coefficient (Wildman–Crippen LogP) is 2.28. The van der Waals surface area contributed by atoms with Gasteiger partial charge in [-0.25, -0.2) is 0 Å². The molecule has 0 saturated heterocycles. The van der Waals surface area contributed by atoms with Gasteiger partial charge in [-0.3, -0.25) is 0 Å². The molecule has 0 spiro atoms. The van der Waals surface area contributed by atoms with E-state index >= 15 is 0 Å². The van der Waals surface area contributed by atoms with Gasteiger partial charge >= 0.3 is 0 Å². The maximum Gasteiger partial charge on any atom is 0.0772 e. The van der Waals surface area contributed by atoms with Crippen molar-refractivity contribution in [1.29, 1.82) is 0 Å². The minimum Gasteiger partial charge on any atom is -0.323 e. The molecule has 1 heterocycles. The van der Waals surface area contributed by atoms with Crippen LogP contribution >= 0.6 is 11.5 Å². The van der Waals surface area contributed by atoms with Gasteiger partial charge in [-0.15, -0.1) is 5.10 Å². The van der Waals surface area contributed by atoms with Crippen LogP contribution in [0.15, 0.2) is 0 Å². The molecule has 0 radical (unpaired) electrons. The Labute approximate surface area is 83.5 Å². The molecule has 1 rings (SSSR count). The third-order valence-corrected chi connectivity index (χ3v) is 3.47. The van der Waals surface area contributed by atoms with Crippen LogP contribution in [0.4, 0.5) is 0 Å². The first-order valence-electron chi connectivity index (χ1n) is 4.75. The van der Waals surface area contributed by atoms with E-state index in [1.54, 1.807) is 0 Å². The van der Waals surface area contributed by atoms with Crippen LogP contribution in [-0.4, -0.2) is 9.59 Å². The molecule has 0 aliphatic rings. The summed E-state index contributed by atoms with van der Waals surface area (Å²) in [5.74, 6) is 0.556. The summed E-state index contributed by atoms with van der Waals surface area (Å²) in [7, 11) is 0. The lowest BCUT2D eigenvalue weighted by molar-refractivity contribution is 0.408. The Bertz CT molecular complexity index is 255. The van der Waals surface area contributed by atoms with E-state index in [4.69, 9.17) is 5.73 Å². The molecule has 0 fully saturated rings. The topological polar surface area (TPSA) is 51.8 Å². The minimum absolute atomic E-state index is 0.120. The summed E-state index contributed by atoms with van der Waals surface area (Å²) < 4.78 is 3.91. The van der Waals surface area contributed by atoms with Gasteiger partial charge in [0.25, 0.3) is 0 Å². The van der Waals surface area contributed by atoms with Crippen molar-refractivity contribution in [3.05, 3.63) is 10.6 Å². The summed E-state index contributed by atoms with van der Waals surface area (Å²) >= 11 is 1.43. The molecule has 1 aromatic rings. The van der Waals surface area contributed by atoms with Crippen LogP contribution < -0.4 is 5.73 Å². The highest BCUT2D eigenvalue weighted by Gasteiger charge is 2.20. The molecule has 0 bridgehead atoms. The Balaban J connectivity index is 2.77. The van der Waals surface area contributed by atoms with Crippen LogP contribution in [0.2, 0.25) is 0 Å².